The Hall–Kier alpha value is -3.04. The molecule has 0 amide bonds. The van der Waals surface area contributed by atoms with Crippen molar-refractivity contribution in [1.82, 2.24) is 0 Å². The largest absolute Gasteiger partial charge is 3.00 e. The van der Waals surface area contributed by atoms with E-state index in [0.29, 0.717) is 14.7 Å². The van der Waals surface area contributed by atoms with E-state index in [2.05, 4.69) is 0 Å². The van der Waals surface area contributed by atoms with E-state index in [1.165, 1.54) is 0 Å². The Bertz CT molecular complexity index is 1600. The first-order valence-corrected chi connectivity index (χ1v) is 14.8. The Balaban J connectivity index is 0.000000163. The summed E-state index contributed by atoms with van der Waals surface area (Å²) < 4.78 is 64.9. The summed E-state index contributed by atoms with van der Waals surface area (Å²) in [5.41, 5.74) is 0. The molecule has 6 nitrogen and oxygen atoms in total. The van der Waals surface area contributed by atoms with E-state index in [4.69, 9.17) is 0 Å². The Morgan fingerprint density at radius 2 is 0.575 bits per heavy atom. The van der Waals surface area contributed by atoms with Gasteiger partial charge in [-0.1, -0.05) is 109 Å². The van der Waals surface area contributed by atoms with Crippen molar-refractivity contribution < 1.29 is 26.3 Å². The molecule has 40 heavy (non-hydrogen) atoms. The van der Waals surface area contributed by atoms with E-state index in [1.807, 2.05) is 72.8 Å². The van der Waals surface area contributed by atoms with Crippen LogP contribution in [-0.2, 0) is 33.2 Å². The maximum Gasteiger partial charge on any atom is 3.00 e. The van der Waals surface area contributed by atoms with Crippen LogP contribution in [0.4, 0.5) is 0 Å². The maximum atomic E-state index is 10.8. The number of hydrogen-bond acceptors (Lipinski definition) is 6. The van der Waals surface area contributed by atoms with Crippen LogP contribution in [0.25, 0.3) is 32.3 Å². The van der Waals surface area contributed by atoms with E-state index in [9.17, 15) is 26.3 Å². The molecule has 6 aromatic rings. The summed E-state index contributed by atoms with van der Waals surface area (Å²) in [4.78, 5) is 1.08. The zero-order valence-electron chi connectivity index (χ0n) is 20.9. The van der Waals surface area contributed by atoms with Gasteiger partial charge in [0.05, 0.1) is 0 Å². The van der Waals surface area contributed by atoms with Gasteiger partial charge in [0, 0.05) is 14.7 Å². The minimum absolute atomic E-state index is 0. The van der Waals surface area contributed by atoms with E-state index in [-0.39, 0.29) is 17.4 Å². The maximum absolute atomic E-state index is 10.8. The van der Waals surface area contributed by atoms with Crippen molar-refractivity contribution in [3.8, 4) is 0 Å². The molecule has 0 radical (unpaired) electrons. The average molecular weight is 601 g/mol. The monoisotopic (exact) mass is 600 g/mol. The molecule has 0 bridgehead atoms. The molecule has 0 heterocycles. The molecule has 3 atom stereocenters. The molecule has 3 unspecified atom stereocenters. The van der Waals surface area contributed by atoms with Crippen LogP contribution < -0.4 is 0 Å². The van der Waals surface area contributed by atoms with Gasteiger partial charge in [0.2, 0.25) is 0 Å². The van der Waals surface area contributed by atoms with Crippen LogP contribution >= 0.6 is 0 Å². The van der Waals surface area contributed by atoms with Crippen LogP contribution in [0.15, 0.2) is 142 Å². The van der Waals surface area contributed by atoms with Gasteiger partial charge in [-0.05, 0) is 83.8 Å². The first-order valence-electron chi connectivity index (χ1n) is 11.6. The summed E-state index contributed by atoms with van der Waals surface area (Å²) in [6, 6.07) is 38.0. The Morgan fingerprint density at radius 1 is 0.350 bits per heavy atom. The van der Waals surface area contributed by atoms with Crippen LogP contribution in [-0.4, -0.2) is 43.6 Å². The molecule has 0 saturated heterocycles. The molecule has 6 aromatic carbocycles. The molecule has 0 aliphatic carbocycles. The minimum atomic E-state index is -2.15. The molecule has 0 fully saturated rings. The van der Waals surface area contributed by atoms with E-state index in [1.54, 1.807) is 54.6 Å². The Labute approximate surface area is 250 Å². The van der Waals surface area contributed by atoms with Crippen molar-refractivity contribution in [1.29, 1.82) is 0 Å². The van der Waals surface area contributed by atoms with Crippen molar-refractivity contribution >= 4 is 82.9 Å². The van der Waals surface area contributed by atoms with Gasteiger partial charge in [0.25, 0.3) is 0 Å². The molecular formula is C30H21AlO6S3. The first kappa shape index (κ1) is 31.5. The van der Waals surface area contributed by atoms with Gasteiger partial charge >= 0.3 is 17.4 Å². The molecule has 0 aromatic heterocycles. The van der Waals surface area contributed by atoms with Crippen LogP contribution in [0.1, 0.15) is 0 Å². The zero-order chi connectivity index (χ0) is 27.8. The van der Waals surface area contributed by atoms with Gasteiger partial charge in [0.15, 0.2) is 0 Å². The molecule has 0 aliphatic heterocycles. The minimum Gasteiger partial charge on any atom is -0.768 e. The van der Waals surface area contributed by atoms with Crippen LogP contribution in [0, 0.1) is 0 Å². The van der Waals surface area contributed by atoms with E-state index in [0.717, 1.165) is 32.3 Å². The van der Waals surface area contributed by atoms with E-state index >= 15 is 0 Å². The third-order valence-corrected chi connectivity index (χ3v) is 7.93. The predicted molar refractivity (Wildman–Crippen MR) is 159 cm³/mol. The van der Waals surface area contributed by atoms with Gasteiger partial charge in [0.1, 0.15) is 0 Å². The molecule has 6 rings (SSSR count). The second-order valence-electron chi connectivity index (χ2n) is 8.14. The van der Waals surface area contributed by atoms with Crippen LogP contribution in [0.5, 0.6) is 0 Å². The summed E-state index contributed by atoms with van der Waals surface area (Å²) in [6.45, 7) is 0. The molecule has 0 saturated carbocycles. The summed E-state index contributed by atoms with van der Waals surface area (Å²) in [5, 5.41) is 5.17. The molecule has 0 N–H and O–H groups in total. The van der Waals surface area contributed by atoms with Crippen molar-refractivity contribution in [3.63, 3.8) is 0 Å². The summed E-state index contributed by atoms with van der Waals surface area (Å²) >= 11 is -6.46. The number of hydrogen-bond donors (Lipinski definition) is 0. The normalized spacial score (nSPS) is 12.7. The second kappa shape index (κ2) is 15.1. The topological polar surface area (TPSA) is 120 Å². The van der Waals surface area contributed by atoms with Crippen LogP contribution in [0.3, 0.4) is 0 Å². The fourth-order valence-corrected chi connectivity index (χ4v) is 5.69. The molecule has 0 spiro atoms. The number of fused-ring (bicyclic) bond motifs is 3. The SMILES string of the molecule is O=S([O-])c1cccc2ccccc12.O=S([O-])c1cccc2ccccc12.O=S([O-])c1cccc2ccccc12.[Al+3]. The van der Waals surface area contributed by atoms with Crippen molar-refractivity contribution in [2.45, 2.75) is 14.7 Å². The summed E-state index contributed by atoms with van der Waals surface area (Å²) in [7, 11) is 0. The second-order valence-corrected chi connectivity index (χ2v) is 10.9. The Morgan fingerprint density at radius 3 is 0.825 bits per heavy atom. The Kier molecular flexibility index (Phi) is 11.9. The standard InChI is InChI=1S/3C10H8O2S.Al/c3*11-13(12)10-7-3-5-8-4-1-2-6-9(8)10;/h3*1-7H,(H,11,12);/q;;;+3/p-3. The molecule has 198 valence electrons. The van der Waals surface area contributed by atoms with E-state index < -0.39 is 33.2 Å². The third kappa shape index (κ3) is 7.79. The van der Waals surface area contributed by atoms with Crippen molar-refractivity contribution in [2.75, 3.05) is 0 Å². The fourth-order valence-electron chi connectivity index (χ4n) is 4.02. The molecular weight excluding hydrogens is 580 g/mol. The zero-order valence-corrected chi connectivity index (χ0v) is 24.5. The van der Waals surface area contributed by atoms with Gasteiger partial charge in [-0.25, -0.2) is 0 Å². The summed E-state index contributed by atoms with van der Waals surface area (Å²) in [6.07, 6.45) is 0. The number of benzene rings is 6. The van der Waals surface area contributed by atoms with Crippen molar-refractivity contribution in [2.24, 2.45) is 0 Å². The van der Waals surface area contributed by atoms with Gasteiger partial charge in [-0.3, -0.25) is 12.6 Å². The predicted octanol–water partition coefficient (Wildman–Crippen LogP) is 5.85. The molecule has 10 heteroatoms. The quantitative estimate of drug-likeness (QED) is 0.186. The fraction of sp³-hybridized carbons (Fsp3) is 0. The number of rotatable bonds is 3. The van der Waals surface area contributed by atoms with Gasteiger partial charge in [-0.2, -0.15) is 0 Å². The van der Waals surface area contributed by atoms with Gasteiger partial charge in [-0.15, -0.1) is 0 Å². The van der Waals surface area contributed by atoms with Crippen molar-refractivity contribution in [3.05, 3.63) is 127 Å². The smallest absolute Gasteiger partial charge is 0.768 e. The first-order chi connectivity index (χ1) is 18.9. The van der Waals surface area contributed by atoms with Gasteiger partial charge < -0.3 is 13.7 Å². The average Bonchev–Trinajstić information content (AvgIpc) is 2.96. The third-order valence-electron chi connectivity index (χ3n) is 5.79. The molecule has 0 aliphatic rings. The summed E-state index contributed by atoms with van der Waals surface area (Å²) in [5.74, 6) is 0. The van der Waals surface area contributed by atoms with Crippen LogP contribution in [0.2, 0.25) is 0 Å².